The number of para-hydroxylation sites is 1. The van der Waals surface area contributed by atoms with Crippen LogP contribution in [0.2, 0.25) is 0 Å². The second kappa shape index (κ2) is 11.7. The molecule has 9 heteroatoms. The van der Waals surface area contributed by atoms with Crippen LogP contribution in [0.25, 0.3) is 0 Å². The molecule has 0 aliphatic heterocycles. The van der Waals surface area contributed by atoms with Gasteiger partial charge in [-0.25, -0.2) is 5.43 Å². The predicted octanol–water partition coefficient (Wildman–Crippen LogP) is 4.64. The summed E-state index contributed by atoms with van der Waals surface area (Å²) in [6.45, 7) is 5.20. The van der Waals surface area contributed by atoms with Crippen molar-refractivity contribution >= 4 is 11.6 Å². The lowest BCUT2D eigenvalue weighted by molar-refractivity contribution is -0.0499. The molecular weight excluding hydrogens is 410 g/mol. The fraction of sp³-hybridized carbons (Fsp3) is 0.364. The van der Waals surface area contributed by atoms with E-state index < -0.39 is 12.5 Å². The van der Waals surface area contributed by atoms with Crippen LogP contribution in [0, 0.1) is 0 Å². The zero-order valence-electron chi connectivity index (χ0n) is 17.9. The van der Waals surface area contributed by atoms with E-state index >= 15 is 0 Å². The van der Waals surface area contributed by atoms with E-state index in [1.165, 1.54) is 18.2 Å². The summed E-state index contributed by atoms with van der Waals surface area (Å²) in [4.78, 5) is 12.7. The molecule has 0 saturated carbocycles. The van der Waals surface area contributed by atoms with Crippen LogP contribution in [-0.2, 0) is 0 Å². The van der Waals surface area contributed by atoms with E-state index in [1.54, 1.807) is 25.1 Å². The minimum Gasteiger partial charge on any atom is -0.490 e. The number of benzene rings is 2. The number of nitrogens with one attached hydrogen (secondary N) is 1. The van der Waals surface area contributed by atoms with Gasteiger partial charge >= 0.3 is 6.61 Å². The lowest BCUT2D eigenvalue weighted by Gasteiger charge is -2.16. The van der Waals surface area contributed by atoms with Gasteiger partial charge in [-0.2, -0.15) is 13.9 Å². The predicted molar refractivity (Wildman–Crippen MR) is 113 cm³/mol. The minimum absolute atomic E-state index is 0.0358. The highest BCUT2D eigenvalue weighted by atomic mass is 19.3. The van der Waals surface area contributed by atoms with Crippen LogP contribution in [0.1, 0.15) is 43.6 Å². The molecule has 0 saturated heterocycles. The molecule has 2 rings (SSSR count). The SMILES string of the molecule is CCOc1cc(C(=O)N/N=C(\C)c2ccccc2OC(F)F)cc(OCC)c1OCC. The molecule has 0 bridgehead atoms. The van der Waals surface area contributed by atoms with Gasteiger partial charge in [0.2, 0.25) is 5.75 Å². The van der Waals surface area contributed by atoms with E-state index in [4.69, 9.17) is 14.2 Å². The van der Waals surface area contributed by atoms with Gasteiger partial charge in [0.1, 0.15) is 5.75 Å². The largest absolute Gasteiger partial charge is 0.490 e. The van der Waals surface area contributed by atoms with E-state index in [-0.39, 0.29) is 11.3 Å². The van der Waals surface area contributed by atoms with E-state index in [2.05, 4.69) is 15.3 Å². The zero-order valence-corrected chi connectivity index (χ0v) is 17.9. The standard InChI is InChI=1S/C22H26F2N2O5/c1-5-28-18-12-15(13-19(29-6-2)20(18)30-7-3)21(27)26-25-14(4)16-10-8-9-11-17(16)31-22(23)24/h8-13,22H,5-7H2,1-4H3,(H,26,27)/b25-14+. The van der Waals surface area contributed by atoms with Gasteiger partial charge in [-0.1, -0.05) is 12.1 Å². The highest BCUT2D eigenvalue weighted by Crippen LogP contribution is 2.39. The molecule has 0 aliphatic rings. The average Bonchev–Trinajstić information content (AvgIpc) is 2.74. The molecule has 0 aromatic heterocycles. The van der Waals surface area contributed by atoms with Gasteiger partial charge in [0.15, 0.2) is 11.5 Å². The zero-order chi connectivity index (χ0) is 22.8. The molecule has 0 heterocycles. The van der Waals surface area contributed by atoms with Crippen molar-refractivity contribution in [2.75, 3.05) is 19.8 Å². The Labute approximate surface area is 180 Å². The second-order valence-electron chi connectivity index (χ2n) is 6.11. The molecule has 2 aromatic carbocycles. The van der Waals surface area contributed by atoms with Crippen LogP contribution in [0.3, 0.4) is 0 Å². The third-order valence-electron chi connectivity index (χ3n) is 3.99. The normalized spacial score (nSPS) is 11.3. The molecule has 31 heavy (non-hydrogen) atoms. The number of ether oxygens (including phenoxy) is 4. The molecule has 2 aromatic rings. The quantitative estimate of drug-likeness (QED) is 0.410. The topological polar surface area (TPSA) is 78.4 Å². The number of carbonyl (C=O) groups excluding carboxylic acids is 1. The van der Waals surface area contributed by atoms with Crippen LogP contribution >= 0.6 is 0 Å². The number of hydrogen-bond donors (Lipinski definition) is 1. The van der Waals surface area contributed by atoms with E-state index in [9.17, 15) is 13.6 Å². The fourth-order valence-corrected chi connectivity index (χ4v) is 2.74. The first-order valence-electron chi connectivity index (χ1n) is 9.86. The minimum atomic E-state index is -2.97. The molecule has 0 radical (unpaired) electrons. The van der Waals surface area contributed by atoms with Crippen molar-refractivity contribution in [2.24, 2.45) is 5.10 Å². The van der Waals surface area contributed by atoms with Crippen LogP contribution in [0.4, 0.5) is 8.78 Å². The number of carbonyl (C=O) groups is 1. The lowest BCUT2D eigenvalue weighted by atomic mass is 10.1. The van der Waals surface area contributed by atoms with Gasteiger partial charge in [-0.15, -0.1) is 0 Å². The Kier molecular flexibility index (Phi) is 9.05. The molecule has 0 aliphatic carbocycles. The van der Waals surface area contributed by atoms with Crippen molar-refractivity contribution in [3.63, 3.8) is 0 Å². The molecule has 7 nitrogen and oxygen atoms in total. The third kappa shape index (κ3) is 6.56. The van der Waals surface area contributed by atoms with Gasteiger partial charge in [-0.05, 0) is 52.0 Å². The maximum atomic E-state index is 12.7. The van der Waals surface area contributed by atoms with Crippen LogP contribution in [-0.4, -0.2) is 38.1 Å². The van der Waals surface area contributed by atoms with Crippen LogP contribution < -0.4 is 24.4 Å². The van der Waals surface area contributed by atoms with Crippen molar-refractivity contribution < 1.29 is 32.5 Å². The highest BCUT2D eigenvalue weighted by molar-refractivity contribution is 6.02. The number of nitrogens with zero attached hydrogens (tertiary/aromatic N) is 1. The summed E-state index contributed by atoms with van der Waals surface area (Å²) >= 11 is 0. The van der Waals surface area contributed by atoms with Crippen molar-refractivity contribution in [1.82, 2.24) is 5.43 Å². The maximum absolute atomic E-state index is 12.7. The molecule has 168 valence electrons. The summed E-state index contributed by atoms with van der Waals surface area (Å²) < 4.78 is 46.6. The van der Waals surface area contributed by atoms with Gasteiger partial charge in [0, 0.05) is 11.1 Å². The highest BCUT2D eigenvalue weighted by Gasteiger charge is 2.18. The monoisotopic (exact) mass is 436 g/mol. The second-order valence-corrected chi connectivity index (χ2v) is 6.11. The summed E-state index contributed by atoms with van der Waals surface area (Å²) in [5.74, 6) is 0.595. The summed E-state index contributed by atoms with van der Waals surface area (Å²) in [6.07, 6.45) is 0. The van der Waals surface area contributed by atoms with Gasteiger partial charge in [0.05, 0.1) is 25.5 Å². The van der Waals surface area contributed by atoms with Gasteiger partial charge in [0.25, 0.3) is 5.91 Å². The van der Waals surface area contributed by atoms with E-state index in [1.807, 2.05) is 20.8 Å². The first kappa shape index (κ1) is 23.9. The number of halogens is 2. The third-order valence-corrected chi connectivity index (χ3v) is 3.99. The number of alkyl halides is 2. The summed E-state index contributed by atoms with van der Waals surface area (Å²) in [7, 11) is 0. The van der Waals surface area contributed by atoms with Crippen molar-refractivity contribution in [3.8, 4) is 23.0 Å². The maximum Gasteiger partial charge on any atom is 0.387 e. The van der Waals surface area contributed by atoms with Crippen molar-refractivity contribution in [3.05, 3.63) is 47.5 Å². The fourth-order valence-electron chi connectivity index (χ4n) is 2.74. The van der Waals surface area contributed by atoms with Gasteiger partial charge in [-0.3, -0.25) is 4.79 Å². The average molecular weight is 436 g/mol. The Morgan fingerprint density at radius 1 is 0.968 bits per heavy atom. The molecule has 0 spiro atoms. The molecule has 1 N–H and O–H groups in total. The van der Waals surface area contributed by atoms with E-state index in [0.29, 0.717) is 48.3 Å². The number of hydrogen-bond acceptors (Lipinski definition) is 6. The van der Waals surface area contributed by atoms with Crippen molar-refractivity contribution in [2.45, 2.75) is 34.3 Å². The summed E-state index contributed by atoms with van der Waals surface area (Å²) in [5.41, 5.74) is 3.29. The Bertz CT molecular complexity index is 892. The van der Waals surface area contributed by atoms with Gasteiger partial charge < -0.3 is 18.9 Å². The Balaban J connectivity index is 2.31. The number of hydrazone groups is 1. The van der Waals surface area contributed by atoms with Crippen LogP contribution in [0.5, 0.6) is 23.0 Å². The number of rotatable bonds is 11. The Morgan fingerprint density at radius 3 is 2.10 bits per heavy atom. The smallest absolute Gasteiger partial charge is 0.387 e. The van der Waals surface area contributed by atoms with E-state index in [0.717, 1.165) is 0 Å². The molecule has 0 fully saturated rings. The number of amides is 1. The summed E-state index contributed by atoms with van der Waals surface area (Å²) in [5, 5.41) is 4.03. The molecule has 0 unspecified atom stereocenters. The Morgan fingerprint density at radius 2 is 1.55 bits per heavy atom. The first-order valence-corrected chi connectivity index (χ1v) is 9.86. The molecular formula is C22H26F2N2O5. The Hall–Kier alpha value is -3.36. The first-order chi connectivity index (χ1) is 14.9. The lowest BCUT2D eigenvalue weighted by Crippen LogP contribution is -2.20. The molecule has 1 amide bonds. The summed E-state index contributed by atoms with van der Waals surface area (Å²) in [6, 6.07) is 9.26. The molecule has 0 atom stereocenters. The van der Waals surface area contributed by atoms with Crippen LogP contribution in [0.15, 0.2) is 41.5 Å². The van der Waals surface area contributed by atoms with Crippen molar-refractivity contribution in [1.29, 1.82) is 0 Å².